The van der Waals surface area contributed by atoms with E-state index < -0.39 is 0 Å². The summed E-state index contributed by atoms with van der Waals surface area (Å²) in [5.74, 6) is 1.50. The maximum atomic E-state index is 13.8. The molecule has 0 bridgehead atoms. The van der Waals surface area contributed by atoms with E-state index in [0.29, 0.717) is 17.7 Å². The monoisotopic (exact) mass is 279 g/mol. The molecule has 1 aromatic rings. The molecule has 3 atom stereocenters. The number of rotatable bonds is 5. The van der Waals surface area contributed by atoms with E-state index in [1.54, 1.807) is 12.1 Å². The van der Waals surface area contributed by atoms with Crippen molar-refractivity contribution in [1.82, 2.24) is 5.32 Å². The number of ether oxygens (including phenoxy) is 1. The molecule has 20 heavy (non-hydrogen) atoms. The molecular formula is C17H26FNO. The van der Waals surface area contributed by atoms with Crippen molar-refractivity contribution in [2.45, 2.75) is 45.1 Å². The number of halogens is 1. The first-order valence-corrected chi connectivity index (χ1v) is 7.67. The molecule has 1 N–H and O–H groups in total. The summed E-state index contributed by atoms with van der Waals surface area (Å²) < 4.78 is 18.8. The van der Waals surface area contributed by atoms with Gasteiger partial charge in [0.15, 0.2) is 11.6 Å². The number of nitrogens with one attached hydrogen (secondary N) is 1. The van der Waals surface area contributed by atoms with E-state index in [0.717, 1.165) is 17.9 Å². The van der Waals surface area contributed by atoms with Crippen LogP contribution in [0.4, 0.5) is 4.39 Å². The normalized spacial score (nSPS) is 26.5. The van der Waals surface area contributed by atoms with Gasteiger partial charge >= 0.3 is 0 Å². The van der Waals surface area contributed by atoms with Crippen molar-refractivity contribution in [3.63, 3.8) is 0 Å². The van der Waals surface area contributed by atoms with Gasteiger partial charge in [0.2, 0.25) is 0 Å². The molecular weight excluding hydrogens is 253 g/mol. The van der Waals surface area contributed by atoms with Crippen LogP contribution in [0.15, 0.2) is 18.2 Å². The van der Waals surface area contributed by atoms with Gasteiger partial charge in [0.1, 0.15) is 0 Å². The standard InChI is InChI=1S/C17H26FNO/c1-4-12-5-7-16(19-2)14(9-12)10-13-6-8-17(20-3)15(18)11-13/h6,8,11-12,14,16,19H,4-5,7,9-10H2,1-3H3. The molecule has 0 saturated heterocycles. The van der Waals surface area contributed by atoms with Gasteiger partial charge in [-0.1, -0.05) is 19.4 Å². The minimum Gasteiger partial charge on any atom is -0.494 e. The number of hydrogen-bond acceptors (Lipinski definition) is 2. The third-order valence-electron chi connectivity index (χ3n) is 4.75. The van der Waals surface area contributed by atoms with Crippen molar-refractivity contribution >= 4 is 0 Å². The molecule has 2 rings (SSSR count). The summed E-state index contributed by atoms with van der Waals surface area (Å²) in [5, 5.41) is 3.44. The molecule has 2 nitrogen and oxygen atoms in total. The van der Waals surface area contributed by atoms with Gasteiger partial charge < -0.3 is 10.1 Å². The summed E-state index contributed by atoms with van der Waals surface area (Å²) in [6.07, 6.45) is 6.00. The smallest absolute Gasteiger partial charge is 0.165 e. The Morgan fingerprint density at radius 3 is 2.75 bits per heavy atom. The van der Waals surface area contributed by atoms with Gasteiger partial charge in [0.05, 0.1) is 7.11 Å². The summed E-state index contributed by atoms with van der Waals surface area (Å²) in [5.41, 5.74) is 1.07. The Balaban J connectivity index is 2.07. The van der Waals surface area contributed by atoms with E-state index >= 15 is 0 Å². The molecule has 1 fully saturated rings. The van der Waals surface area contributed by atoms with E-state index in [4.69, 9.17) is 4.74 Å². The topological polar surface area (TPSA) is 21.3 Å². The Morgan fingerprint density at radius 2 is 2.15 bits per heavy atom. The van der Waals surface area contributed by atoms with Crippen molar-refractivity contribution in [2.24, 2.45) is 11.8 Å². The summed E-state index contributed by atoms with van der Waals surface area (Å²) in [4.78, 5) is 0. The largest absolute Gasteiger partial charge is 0.494 e. The van der Waals surface area contributed by atoms with E-state index in [9.17, 15) is 4.39 Å². The minimum atomic E-state index is -0.256. The lowest BCUT2D eigenvalue weighted by Gasteiger charge is -2.36. The zero-order valence-corrected chi connectivity index (χ0v) is 12.8. The van der Waals surface area contributed by atoms with Crippen LogP contribution in [0.2, 0.25) is 0 Å². The van der Waals surface area contributed by atoms with Crippen LogP contribution in [0.3, 0.4) is 0 Å². The summed E-state index contributed by atoms with van der Waals surface area (Å²) in [6, 6.07) is 5.91. The molecule has 3 heteroatoms. The zero-order valence-electron chi connectivity index (χ0n) is 12.8. The average Bonchev–Trinajstić information content (AvgIpc) is 2.47. The lowest BCUT2D eigenvalue weighted by atomic mass is 9.74. The van der Waals surface area contributed by atoms with Gasteiger partial charge in [-0.05, 0) is 62.3 Å². The molecule has 0 spiro atoms. The van der Waals surface area contributed by atoms with Crippen molar-refractivity contribution in [3.05, 3.63) is 29.6 Å². The van der Waals surface area contributed by atoms with Crippen molar-refractivity contribution in [2.75, 3.05) is 14.2 Å². The molecule has 0 radical (unpaired) electrons. The van der Waals surface area contributed by atoms with Crippen LogP contribution >= 0.6 is 0 Å². The highest BCUT2D eigenvalue weighted by Gasteiger charge is 2.28. The second-order valence-electron chi connectivity index (χ2n) is 5.92. The Kier molecular flexibility index (Phi) is 5.41. The number of methoxy groups -OCH3 is 1. The predicted molar refractivity (Wildman–Crippen MR) is 80.6 cm³/mol. The molecule has 1 aliphatic carbocycles. The van der Waals surface area contributed by atoms with E-state index in [2.05, 4.69) is 12.2 Å². The summed E-state index contributed by atoms with van der Waals surface area (Å²) in [6.45, 7) is 2.27. The van der Waals surface area contributed by atoms with Crippen LogP contribution < -0.4 is 10.1 Å². The van der Waals surface area contributed by atoms with E-state index in [-0.39, 0.29) is 5.82 Å². The van der Waals surface area contributed by atoms with Gasteiger partial charge in [0.25, 0.3) is 0 Å². The first-order chi connectivity index (χ1) is 9.67. The third kappa shape index (κ3) is 3.51. The van der Waals surface area contributed by atoms with Crippen LogP contribution in [-0.2, 0) is 6.42 Å². The zero-order chi connectivity index (χ0) is 14.5. The Morgan fingerprint density at radius 1 is 1.35 bits per heavy atom. The lowest BCUT2D eigenvalue weighted by Crippen LogP contribution is -2.39. The molecule has 112 valence electrons. The highest BCUT2D eigenvalue weighted by Crippen LogP contribution is 2.33. The molecule has 0 heterocycles. The number of benzene rings is 1. The maximum absolute atomic E-state index is 13.8. The van der Waals surface area contributed by atoms with Crippen LogP contribution in [0, 0.1) is 17.7 Å². The first kappa shape index (κ1) is 15.3. The number of hydrogen-bond donors (Lipinski definition) is 1. The second kappa shape index (κ2) is 7.07. The van der Waals surface area contributed by atoms with Crippen LogP contribution in [0.25, 0.3) is 0 Å². The van der Waals surface area contributed by atoms with Crippen LogP contribution in [0.1, 0.15) is 38.2 Å². The van der Waals surface area contributed by atoms with Gasteiger partial charge in [0, 0.05) is 6.04 Å². The summed E-state index contributed by atoms with van der Waals surface area (Å²) in [7, 11) is 3.54. The van der Waals surface area contributed by atoms with Crippen molar-refractivity contribution in [1.29, 1.82) is 0 Å². The SMILES string of the molecule is CCC1CCC(NC)C(Cc2ccc(OC)c(F)c2)C1. The highest BCUT2D eigenvalue weighted by molar-refractivity contribution is 5.29. The van der Waals surface area contributed by atoms with E-state index in [1.807, 2.05) is 13.1 Å². The van der Waals surface area contributed by atoms with Crippen molar-refractivity contribution in [3.8, 4) is 5.75 Å². The van der Waals surface area contributed by atoms with Gasteiger partial charge in [-0.25, -0.2) is 4.39 Å². The molecule has 0 amide bonds. The second-order valence-corrected chi connectivity index (χ2v) is 5.92. The molecule has 1 saturated carbocycles. The van der Waals surface area contributed by atoms with E-state index in [1.165, 1.54) is 32.8 Å². The van der Waals surface area contributed by atoms with Gasteiger partial charge in [-0.2, -0.15) is 0 Å². The van der Waals surface area contributed by atoms with Crippen LogP contribution in [0.5, 0.6) is 5.75 Å². The Bertz CT molecular complexity index is 435. The fourth-order valence-electron chi connectivity index (χ4n) is 3.48. The fraction of sp³-hybridized carbons (Fsp3) is 0.647. The lowest BCUT2D eigenvalue weighted by molar-refractivity contribution is 0.205. The first-order valence-electron chi connectivity index (χ1n) is 7.67. The Labute approximate surface area is 121 Å². The van der Waals surface area contributed by atoms with Gasteiger partial charge in [-0.3, -0.25) is 0 Å². The quantitative estimate of drug-likeness (QED) is 0.885. The van der Waals surface area contributed by atoms with Crippen molar-refractivity contribution < 1.29 is 9.13 Å². The molecule has 0 aromatic heterocycles. The molecule has 1 aliphatic rings. The van der Waals surface area contributed by atoms with Crippen LogP contribution in [-0.4, -0.2) is 20.2 Å². The Hall–Kier alpha value is -1.09. The molecule has 1 aromatic carbocycles. The predicted octanol–water partition coefficient (Wildman–Crippen LogP) is 3.79. The maximum Gasteiger partial charge on any atom is 0.165 e. The summed E-state index contributed by atoms with van der Waals surface area (Å²) >= 11 is 0. The molecule has 3 unspecified atom stereocenters. The third-order valence-corrected chi connectivity index (χ3v) is 4.75. The average molecular weight is 279 g/mol. The molecule has 0 aliphatic heterocycles. The highest BCUT2D eigenvalue weighted by atomic mass is 19.1. The minimum absolute atomic E-state index is 0.256. The fourth-order valence-corrected chi connectivity index (χ4v) is 3.48. The van der Waals surface area contributed by atoms with Gasteiger partial charge in [-0.15, -0.1) is 0 Å².